The number of hydrogen-bond donors (Lipinski definition) is 17. The molecule has 41 nitrogen and oxygen atoms in total. The van der Waals surface area contributed by atoms with Gasteiger partial charge in [-0.15, -0.1) is 0 Å². The molecule has 1 aromatic carbocycles. The van der Waals surface area contributed by atoms with Crippen LogP contribution in [-0.4, -0.2) is 252 Å². The number of amides is 11. The summed E-state index contributed by atoms with van der Waals surface area (Å²) in [7, 11) is 0. The van der Waals surface area contributed by atoms with Crippen molar-refractivity contribution in [1.29, 1.82) is 0 Å². The molecular weight excluding hydrogens is 1910 g/mol. The van der Waals surface area contributed by atoms with Gasteiger partial charge in [-0.25, -0.2) is 0 Å². The lowest BCUT2D eigenvalue weighted by molar-refractivity contribution is -0.143. The minimum absolute atomic E-state index is 0.0398. The van der Waals surface area contributed by atoms with Gasteiger partial charge >= 0.3 is 17.9 Å². The number of aliphatic hydroxyl groups excluding tert-OH is 2. The fourth-order valence-corrected chi connectivity index (χ4v) is 19.6. The average Bonchev–Trinajstić information content (AvgIpc) is 1.66. The smallest absolute Gasteiger partial charge is 0.305 e. The van der Waals surface area contributed by atoms with Gasteiger partial charge in [0.1, 0.15) is 23.4 Å². The summed E-state index contributed by atoms with van der Waals surface area (Å²) in [5, 5.41) is 73.9. The van der Waals surface area contributed by atoms with E-state index in [0.717, 1.165) is 6.92 Å². The van der Waals surface area contributed by atoms with Crippen LogP contribution in [0.4, 0.5) is 0 Å². The number of allylic oxidation sites excluding steroid dienone is 4. The molecule has 19 atom stereocenters. The Morgan fingerprint density at radius 2 is 1.07 bits per heavy atom. The number of benzene rings is 1. The van der Waals surface area contributed by atoms with Crippen LogP contribution in [0, 0.1) is 76.4 Å². The summed E-state index contributed by atoms with van der Waals surface area (Å²) < 4.78 is 0. The van der Waals surface area contributed by atoms with E-state index in [9.17, 15) is 83.1 Å². The largest absolute Gasteiger partial charge is 0.481 e. The van der Waals surface area contributed by atoms with Gasteiger partial charge < -0.3 is 101 Å². The van der Waals surface area contributed by atoms with Gasteiger partial charge in [-0.1, -0.05) is 156 Å². The summed E-state index contributed by atoms with van der Waals surface area (Å²) in [6.45, 7) is 17.9. The second-order valence-corrected chi connectivity index (χ2v) is 42.7. The van der Waals surface area contributed by atoms with Crippen molar-refractivity contribution in [2.45, 2.75) is 348 Å². The predicted octanol–water partition coefficient (Wildman–Crippen LogP) is 5.32. The van der Waals surface area contributed by atoms with Gasteiger partial charge in [-0.2, -0.15) is 0 Å². The maximum Gasteiger partial charge on any atom is 0.305 e. The number of nitrogens with zero attached hydrogens (tertiary/aromatic N) is 2. The molecule has 148 heavy (non-hydrogen) atoms. The minimum atomic E-state index is -1.92. The van der Waals surface area contributed by atoms with Gasteiger partial charge in [0.05, 0.1) is 72.8 Å². The number of rotatable bonds is 54. The van der Waals surface area contributed by atoms with Crippen LogP contribution in [0.1, 0.15) is 294 Å². The van der Waals surface area contributed by atoms with Gasteiger partial charge in [0, 0.05) is 131 Å². The molecule has 41 heteroatoms. The molecule has 0 aromatic heterocycles. The highest BCUT2D eigenvalue weighted by molar-refractivity contribution is 6.05. The molecule has 2 bridgehead atoms. The Kier molecular flexibility index (Phi) is 53.8. The Morgan fingerprint density at radius 1 is 0.527 bits per heavy atom. The van der Waals surface area contributed by atoms with Gasteiger partial charge in [0.2, 0.25) is 65.0 Å². The maximum atomic E-state index is 15.8. The van der Waals surface area contributed by atoms with Crippen molar-refractivity contribution in [3.63, 3.8) is 0 Å². The molecule has 0 radical (unpaired) electrons. The summed E-state index contributed by atoms with van der Waals surface area (Å²) in [6, 6.07) is -3.15. The van der Waals surface area contributed by atoms with Crippen LogP contribution in [0.2, 0.25) is 0 Å². The van der Waals surface area contributed by atoms with Crippen LogP contribution in [0.25, 0.3) is 0 Å². The molecule has 2 fully saturated rings. The van der Waals surface area contributed by atoms with Crippen molar-refractivity contribution in [2.75, 3.05) is 32.8 Å². The zero-order chi connectivity index (χ0) is 111. The summed E-state index contributed by atoms with van der Waals surface area (Å²) >= 11 is 0. The fourth-order valence-electron chi connectivity index (χ4n) is 19.6. The first-order chi connectivity index (χ1) is 69.7. The molecule has 1 aromatic rings. The van der Waals surface area contributed by atoms with Gasteiger partial charge in [-0.05, 0) is 158 Å². The van der Waals surface area contributed by atoms with E-state index in [-0.39, 0.29) is 120 Å². The first kappa shape index (κ1) is 126. The standard InChI is InChI=1S/C107H162N14O27/c1-61(2)42-71(46-65(9)123)101(144)118-84(59-122)88(128)50-69(31-34-92(109)132)99(142)113-78(33-36-95(136)137)89(129)54-76(66(10)124)104(147)116-80(47-67-26-18-17-19-27-67)90(130)57-106(11)37-23-15-13-12-14-16-25-40-121-41-38-107(60-121,91(131)53-70(32-35-94(134)135)100(143)117-83(97(111)140)55-93(110)133)120-103(146)73(44-63(5)6)52-86(126)79(45-64(7)8)114-98(141)68(28-22-24-39-108)49-85(125)81(48-74-58-112-77-30-21-20-29-75(74)77)115-102(145)72(43-62(3)4)51-87(127)82(56-96(138)139)119-105(106)148/h17-21,26-27,29-30,58,61-64,66,68-73,75-76,78-84,122,124H,12-16,22-25,28,31-57,59-60,108H2,1-11H3,(H2,109,132)(H2,110,133)(H2,111,140)(H,113,142)(H,114,141)(H,115,145)(H,116,147)(H,117,143)(H,118,144)(H,119,148)(H,120,146)(H,134,135)(H,136,137)(H,138,139)/t66?,68-,69-,70-,71-,72-,73-,75?,76+,78+,79+,80+,81+,82+,83+,84+,106+,107+/m1/s1. The predicted molar refractivity (Wildman–Crippen MR) is 547 cm³/mol. The van der Waals surface area contributed by atoms with Crippen molar-refractivity contribution in [2.24, 2.45) is 104 Å². The highest BCUT2D eigenvalue weighted by atomic mass is 16.4. The zero-order valence-corrected chi connectivity index (χ0v) is 87.8. The van der Waals surface area contributed by atoms with Crippen LogP contribution in [0.3, 0.4) is 0 Å². The Bertz CT molecular complexity index is 4930. The van der Waals surface area contributed by atoms with Crippen molar-refractivity contribution in [1.82, 2.24) is 47.4 Å². The third-order valence-electron chi connectivity index (χ3n) is 27.8. The molecule has 11 amide bonds. The number of carbonyl (C=O) groups excluding carboxylic acids is 19. The average molecular weight is 2080 g/mol. The molecule has 5 rings (SSSR count). The van der Waals surface area contributed by atoms with Crippen molar-refractivity contribution >= 4 is 135 Å². The summed E-state index contributed by atoms with van der Waals surface area (Å²) in [5.74, 6) is -31.5. The zero-order valence-electron chi connectivity index (χ0n) is 87.8. The first-order valence-corrected chi connectivity index (χ1v) is 52.2. The van der Waals surface area contributed by atoms with Crippen LogP contribution < -0.4 is 65.5 Å². The molecule has 2 saturated heterocycles. The normalized spacial score (nSPS) is 23.2. The number of aliphatic carboxylic acids is 3. The molecule has 21 N–H and O–H groups in total. The summed E-state index contributed by atoms with van der Waals surface area (Å²) in [5.41, 5.74) is 20.4. The molecular formula is C107H162N14O27. The third kappa shape index (κ3) is 44.0. The van der Waals surface area contributed by atoms with Crippen molar-refractivity contribution in [3.8, 4) is 0 Å². The van der Waals surface area contributed by atoms with Gasteiger partial charge in [0.15, 0.2) is 40.5 Å². The second-order valence-electron chi connectivity index (χ2n) is 42.7. The number of nitrogens with two attached hydrogens (primary N) is 4. The number of hydrogen-bond acceptors (Lipinski definition) is 27. The lowest BCUT2D eigenvalue weighted by atomic mass is 9.77. The highest BCUT2D eigenvalue weighted by Crippen LogP contribution is 2.37. The minimum Gasteiger partial charge on any atom is -0.481 e. The molecule has 822 valence electrons. The lowest BCUT2D eigenvalue weighted by Gasteiger charge is -2.33. The lowest BCUT2D eigenvalue weighted by Crippen LogP contribution is -2.59. The number of ketones is 8. The van der Waals surface area contributed by atoms with Crippen LogP contribution >= 0.6 is 0 Å². The number of aliphatic hydroxyl groups is 2. The van der Waals surface area contributed by atoms with Crippen molar-refractivity contribution in [3.05, 3.63) is 72.0 Å². The number of carboxylic acid groups (broad SMARTS) is 3. The Labute approximate surface area is 866 Å². The van der Waals surface area contributed by atoms with Crippen molar-refractivity contribution < 1.29 is 131 Å². The number of aliphatic imine (C=N–C) groups is 1. The van der Waals surface area contributed by atoms with E-state index >= 15 is 47.9 Å². The van der Waals surface area contributed by atoms with E-state index in [0.29, 0.717) is 74.8 Å². The number of unbranched alkanes of at least 4 members (excludes halogenated alkanes) is 1. The second kappa shape index (κ2) is 63.0. The third-order valence-corrected chi connectivity index (χ3v) is 27.8. The molecule has 0 saturated carbocycles. The summed E-state index contributed by atoms with van der Waals surface area (Å²) in [6.07, 6.45) is 0.409. The van der Waals surface area contributed by atoms with E-state index in [1.54, 1.807) is 82.5 Å². The Balaban J connectivity index is 1.64. The topological polar surface area (TPSA) is 693 Å². The number of carbonyl (C=O) groups is 22. The number of carboxylic acids is 3. The number of nitrogens with one attached hydrogen (secondary N) is 8. The van der Waals surface area contributed by atoms with E-state index < -0.39 is 333 Å². The SMILES string of the molecule is CC(=O)C[C@@H](CC(C)C)C(=O)N[C@@H](CO)C(=O)C[C@@H](CCC(N)=O)C(=O)N[C@@H](CCC(=O)O)C(=O)C[C@H](C(=O)N[C@@H](Cc1ccccc1)C(=O)C[C@]1(C)CCCCCCCCCN2CC[C@@](C(=O)C[C@@H](CCC(=O)O)C(=O)N[C@@H](CC(N)=O)C(N)=O)(C2)NC(=O)[C@H](CC(C)C)CC(=O)[C@H](CC(C)C)NC(=O)[C@H](CCCCN)CC(=O)[C@H](CC2=CN=C3C=CC=CC23)NC(=O)[C@H](CC(C)C)CC(=O)[C@H](CC(=O)O)NC1=O)C(C)O. The van der Waals surface area contributed by atoms with Gasteiger partial charge in [-0.3, -0.25) is 106 Å². The molecule has 3 unspecified atom stereocenters. The number of Topliss-reactive ketones (excluding diaryl/α,β-unsaturated/α-hetero) is 8. The molecule has 1 aliphatic carbocycles. The fraction of sp³-hybridized carbons (Fsp3) is 0.673. The Hall–Kier alpha value is -12.1. The van der Waals surface area contributed by atoms with Crippen LogP contribution in [0.5, 0.6) is 0 Å². The molecule has 0 spiro atoms. The first-order valence-electron chi connectivity index (χ1n) is 52.2. The maximum absolute atomic E-state index is 15.8. The molecule has 3 aliphatic heterocycles. The van der Waals surface area contributed by atoms with Gasteiger partial charge in [0.25, 0.3) is 0 Å². The number of primary amides is 3. The Morgan fingerprint density at radius 3 is 1.64 bits per heavy atom. The van der Waals surface area contributed by atoms with Crippen LogP contribution in [-0.2, 0) is 112 Å². The molecule has 4 aliphatic rings. The van der Waals surface area contributed by atoms with E-state index in [1.807, 2.05) is 38.7 Å². The van der Waals surface area contributed by atoms with E-state index in [2.05, 4.69) is 47.5 Å². The quantitative estimate of drug-likeness (QED) is 0.0367. The number of fused-ring (bicyclic) bond motifs is 3. The summed E-state index contributed by atoms with van der Waals surface area (Å²) in [4.78, 5) is 318. The highest BCUT2D eigenvalue weighted by Gasteiger charge is 2.50. The molecule has 3 heterocycles. The van der Waals surface area contributed by atoms with E-state index in [4.69, 9.17) is 22.9 Å². The van der Waals surface area contributed by atoms with Crippen LogP contribution in [0.15, 0.2) is 71.4 Å². The monoisotopic (exact) mass is 2080 g/mol. The van der Waals surface area contributed by atoms with E-state index in [1.165, 1.54) is 13.8 Å².